The molecule has 0 radical (unpaired) electrons. The van der Waals surface area contributed by atoms with E-state index in [0.717, 1.165) is 5.69 Å². The first-order valence-electron chi connectivity index (χ1n) is 9.21. The molecule has 0 spiro atoms. The van der Waals surface area contributed by atoms with Gasteiger partial charge in [-0.2, -0.15) is 0 Å². The van der Waals surface area contributed by atoms with Gasteiger partial charge in [-0.05, 0) is 38.8 Å². The maximum Gasteiger partial charge on any atom is 0.319 e. The Kier molecular flexibility index (Phi) is 5.73. The molecule has 1 aromatic heterocycles. The molecule has 1 fully saturated rings. The Morgan fingerprint density at radius 1 is 1.30 bits per heavy atom. The minimum atomic E-state index is -0.328. The van der Waals surface area contributed by atoms with E-state index in [1.807, 2.05) is 18.2 Å². The molecule has 27 heavy (non-hydrogen) atoms. The quantitative estimate of drug-likeness (QED) is 0.732. The van der Waals surface area contributed by atoms with Gasteiger partial charge in [0.05, 0.1) is 23.9 Å². The maximum atomic E-state index is 12.8. The van der Waals surface area contributed by atoms with Crippen LogP contribution in [0.2, 0.25) is 0 Å². The summed E-state index contributed by atoms with van der Waals surface area (Å²) in [6.45, 7) is 5.00. The molecular weight excluding hydrogens is 346 g/mol. The van der Waals surface area contributed by atoms with Crippen LogP contribution in [0.3, 0.4) is 0 Å². The molecule has 144 valence electrons. The molecule has 8 heteroatoms. The van der Waals surface area contributed by atoms with Crippen LogP contribution in [0.1, 0.15) is 32.4 Å². The molecule has 2 aliphatic rings. The van der Waals surface area contributed by atoms with Gasteiger partial charge in [0.25, 0.3) is 5.91 Å². The normalized spacial score (nSPS) is 20.7. The van der Waals surface area contributed by atoms with Crippen LogP contribution in [-0.4, -0.2) is 46.9 Å². The molecule has 0 saturated carbocycles. The number of urea groups is 1. The minimum Gasteiger partial charge on any atom is -0.350 e. The van der Waals surface area contributed by atoms with Gasteiger partial charge in [0.2, 0.25) is 5.91 Å². The van der Waals surface area contributed by atoms with E-state index in [1.54, 1.807) is 24.9 Å². The zero-order chi connectivity index (χ0) is 19.4. The first-order chi connectivity index (χ1) is 13.0. The highest BCUT2D eigenvalue weighted by Crippen LogP contribution is 2.22. The number of piperidine rings is 1. The van der Waals surface area contributed by atoms with Crippen molar-refractivity contribution in [2.45, 2.75) is 39.3 Å². The fourth-order valence-corrected chi connectivity index (χ4v) is 3.55. The van der Waals surface area contributed by atoms with Gasteiger partial charge < -0.3 is 20.9 Å². The summed E-state index contributed by atoms with van der Waals surface area (Å²) >= 11 is 0. The lowest BCUT2D eigenvalue weighted by Crippen LogP contribution is -2.52. The predicted molar refractivity (Wildman–Crippen MR) is 99.2 cm³/mol. The van der Waals surface area contributed by atoms with Crippen molar-refractivity contribution < 1.29 is 14.4 Å². The lowest BCUT2D eigenvalue weighted by Gasteiger charge is -2.34. The van der Waals surface area contributed by atoms with Crippen LogP contribution in [-0.2, 0) is 16.1 Å². The monoisotopic (exact) mass is 371 g/mol. The number of nitrogens with one attached hydrogen (secondary N) is 3. The smallest absolute Gasteiger partial charge is 0.319 e. The Hall–Kier alpha value is -2.90. The Morgan fingerprint density at radius 2 is 2.04 bits per heavy atom. The average Bonchev–Trinajstić information content (AvgIpc) is 2.66. The summed E-state index contributed by atoms with van der Waals surface area (Å²) in [6.07, 6.45) is 2.95. The molecule has 1 atom stereocenters. The molecule has 4 amide bonds. The summed E-state index contributed by atoms with van der Waals surface area (Å²) in [5, 5.41) is 8.29. The molecule has 1 saturated heterocycles. The number of pyridine rings is 1. The van der Waals surface area contributed by atoms with Gasteiger partial charge in [-0.3, -0.25) is 14.6 Å². The largest absolute Gasteiger partial charge is 0.350 e. The van der Waals surface area contributed by atoms with Crippen LogP contribution >= 0.6 is 0 Å². The Labute approximate surface area is 158 Å². The van der Waals surface area contributed by atoms with Gasteiger partial charge in [-0.15, -0.1) is 0 Å². The van der Waals surface area contributed by atoms with E-state index in [0.29, 0.717) is 43.7 Å². The van der Waals surface area contributed by atoms with E-state index in [4.69, 9.17) is 0 Å². The molecule has 1 aromatic rings. The third kappa shape index (κ3) is 4.45. The van der Waals surface area contributed by atoms with Crippen molar-refractivity contribution in [3.05, 3.63) is 41.4 Å². The van der Waals surface area contributed by atoms with Crippen LogP contribution < -0.4 is 16.0 Å². The van der Waals surface area contributed by atoms with Crippen molar-refractivity contribution in [2.24, 2.45) is 5.92 Å². The second-order valence-electron chi connectivity index (χ2n) is 6.96. The topological polar surface area (TPSA) is 103 Å². The van der Waals surface area contributed by atoms with Gasteiger partial charge in [0.1, 0.15) is 0 Å². The summed E-state index contributed by atoms with van der Waals surface area (Å²) in [5.41, 5.74) is 1.99. The van der Waals surface area contributed by atoms with Crippen LogP contribution in [0.4, 0.5) is 4.79 Å². The van der Waals surface area contributed by atoms with Crippen molar-refractivity contribution in [3.63, 3.8) is 0 Å². The molecule has 3 heterocycles. The summed E-state index contributed by atoms with van der Waals surface area (Å²) in [7, 11) is 0. The summed E-state index contributed by atoms with van der Waals surface area (Å²) in [6, 6.07) is 4.98. The minimum absolute atomic E-state index is 0.00288. The second kappa shape index (κ2) is 8.20. The Morgan fingerprint density at radius 3 is 2.67 bits per heavy atom. The predicted octanol–water partition coefficient (Wildman–Crippen LogP) is 0.912. The number of likely N-dealkylation sites (tertiary alicyclic amines) is 1. The van der Waals surface area contributed by atoms with E-state index in [-0.39, 0.29) is 29.8 Å². The van der Waals surface area contributed by atoms with Crippen molar-refractivity contribution >= 4 is 17.8 Å². The number of aromatic nitrogens is 1. The van der Waals surface area contributed by atoms with E-state index >= 15 is 0 Å². The molecule has 3 rings (SSSR count). The van der Waals surface area contributed by atoms with E-state index in [1.165, 1.54) is 0 Å². The van der Waals surface area contributed by atoms with Crippen molar-refractivity contribution in [1.82, 2.24) is 25.8 Å². The van der Waals surface area contributed by atoms with Gasteiger partial charge in [0.15, 0.2) is 0 Å². The lowest BCUT2D eigenvalue weighted by atomic mass is 9.94. The van der Waals surface area contributed by atoms with Crippen molar-refractivity contribution in [2.75, 3.05) is 13.1 Å². The molecule has 8 nitrogen and oxygen atoms in total. The first-order valence-corrected chi connectivity index (χ1v) is 9.21. The SMILES string of the molecule is CC1=C(C(=O)N2CCC(C(=O)NCc3ccccn3)CC2)[C@@H](C)NC(=O)N1. The summed E-state index contributed by atoms with van der Waals surface area (Å²) in [4.78, 5) is 42.7. The fraction of sp³-hybridized carbons (Fsp3) is 0.474. The molecule has 0 bridgehead atoms. The van der Waals surface area contributed by atoms with Crippen LogP contribution in [0.5, 0.6) is 0 Å². The molecule has 0 unspecified atom stereocenters. The third-order valence-electron chi connectivity index (χ3n) is 5.04. The van der Waals surface area contributed by atoms with Gasteiger partial charge in [0, 0.05) is 30.9 Å². The standard InChI is InChI=1S/C19H25N5O3/c1-12-16(13(2)23-19(27)22-12)18(26)24-9-6-14(7-10-24)17(25)21-11-15-5-3-4-8-20-15/h3-5,8,12,14H,6-7,9-11H2,1-2H3,(H,21,25)(H2,22,23,27)/t12-/m1/s1. The highest BCUT2D eigenvalue weighted by atomic mass is 16.2. The lowest BCUT2D eigenvalue weighted by molar-refractivity contribution is -0.133. The summed E-state index contributed by atoms with van der Waals surface area (Å²) < 4.78 is 0. The molecule has 2 aliphatic heterocycles. The van der Waals surface area contributed by atoms with Crippen molar-refractivity contribution in [3.8, 4) is 0 Å². The van der Waals surface area contributed by atoms with Gasteiger partial charge >= 0.3 is 6.03 Å². The number of nitrogens with zero attached hydrogens (tertiary/aromatic N) is 2. The number of rotatable bonds is 4. The zero-order valence-electron chi connectivity index (χ0n) is 15.6. The van der Waals surface area contributed by atoms with Crippen LogP contribution in [0, 0.1) is 5.92 Å². The maximum absolute atomic E-state index is 12.8. The van der Waals surface area contributed by atoms with Gasteiger partial charge in [-0.1, -0.05) is 6.07 Å². The average molecular weight is 371 g/mol. The van der Waals surface area contributed by atoms with E-state index in [2.05, 4.69) is 20.9 Å². The van der Waals surface area contributed by atoms with Crippen LogP contribution in [0.15, 0.2) is 35.7 Å². The van der Waals surface area contributed by atoms with Crippen LogP contribution in [0.25, 0.3) is 0 Å². The number of amides is 4. The van der Waals surface area contributed by atoms with Crippen molar-refractivity contribution in [1.29, 1.82) is 0 Å². The molecule has 3 N–H and O–H groups in total. The number of hydrogen-bond donors (Lipinski definition) is 3. The Balaban J connectivity index is 1.52. The highest BCUT2D eigenvalue weighted by molar-refractivity contribution is 5.98. The fourth-order valence-electron chi connectivity index (χ4n) is 3.55. The highest BCUT2D eigenvalue weighted by Gasteiger charge is 2.33. The molecule has 0 aromatic carbocycles. The van der Waals surface area contributed by atoms with Gasteiger partial charge in [-0.25, -0.2) is 4.79 Å². The second-order valence-corrected chi connectivity index (χ2v) is 6.96. The number of allylic oxidation sites excluding steroid dienone is 1. The third-order valence-corrected chi connectivity index (χ3v) is 5.04. The number of hydrogen-bond acceptors (Lipinski definition) is 4. The zero-order valence-corrected chi connectivity index (χ0v) is 15.6. The summed E-state index contributed by atoms with van der Waals surface area (Å²) in [5.74, 6) is -0.183. The first kappa shape index (κ1) is 18.9. The molecule has 0 aliphatic carbocycles. The van der Waals surface area contributed by atoms with E-state index in [9.17, 15) is 14.4 Å². The van der Waals surface area contributed by atoms with E-state index < -0.39 is 0 Å². The molecular formula is C19H25N5O3. The number of carbonyl (C=O) groups is 3. The Bertz CT molecular complexity index is 754. The number of carbonyl (C=O) groups excluding carboxylic acids is 3.